The molecule has 4 nitrogen and oxygen atoms in total. The average Bonchev–Trinajstić information content (AvgIpc) is 3.22. The summed E-state index contributed by atoms with van der Waals surface area (Å²) in [6.45, 7) is 5.65. The molecule has 168 valence electrons. The van der Waals surface area contributed by atoms with Crippen molar-refractivity contribution in [3.05, 3.63) is 114 Å². The summed E-state index contributed by atoms with van der Waals surface area (Å²) in [4.78, 5) is 2.58. The molecule has 0 saturated carbocycles. The summed E-state index contributed by atoms with van der Waals surface area (Å²) in [7, 11) is 0. The van der Waals surface area contributed by atoms with E-state index in [0.717, 1.165) is 43.3 Å². The van der Waals surface area contributed by atoms with Gasteiger partial charge in [-0.05, 0) is 73.0 Å². The smallest absolute Gasteiger partial charge is 0.127 e. The van der Waals surface area contributed by atoms with Crippen molar-refractivity contribution in [3.8, 4) is 17.2 Å². The first-order valence-electron chi connectivity index (χ1n) is 11.7. The molecule has 0 spiro atoms. The second-order valence-electron chi connectivity index (χ2n) is 8.42. The molecule has 4 aromatic rings. The first-order valence-corrected chi connectivity index (χ1v) is 11.7. The van der Waals surface area contributed by atoms with Crippen LogP contribution < -0.4 is 9.47 Å². The van der Waals surface area contributed by atoms with E-state index < -0.39 is 0 Å². The third-order valence-electron chi connectivity index (χ3n) is 6.13. The van der Waals surface area contributed by atoms with E-state index in [1.807, 2.05) is 43.3 Å². The molecule has 1 aliphatic rings. The van der Waals surface area contributed by atoms with E-state index in [1.54, 1.807) is 0 Å². The predicted molar refractivity (Wildman–Crippen MR) is 132 cm³/mol. The van der Waals surface area contributed by atoms with Crippen molar-refractivity contribution in [1.82, 2.24) is 9.47 Å². The largest absolute Gasteiger partial charge is 0.494 e. The van der Waals surface area contributed by atoms with Gasteiger partial charge in [0.25, 0.3) is 0 Å². The number of hydrogen-bond acceptors (Lipinski definition) is 3. The van der Waals surface area contributed by atoms with Crippen LogP contribution in [-0.2, 0) is 13.1 Å². The molecule has 1 unspecified atom stereocenters. The zero-order chi connectivity index (χ0) is 22.5. The summed E-state index contributed by atoms with van der Waals surface area (Å²) in [5, 5.41) is 0. The highest BCUT2D eigenvalue weighted by molar-refractivity contribution is 5.38. The Hall–Kier alpha value is -3.50. The monoisotopic (exact) mass is 438 g/mol. The molecule has 1 aromatic heterocycles. The van der Waals surface area contributed by atoms with Gasteiger partial charge in [0.05, 0.1) is 12.6 Å². The fourth-order valence-electron chi connectivity index (χ4n) is 4.66. The van der Waals surface area contributed by atoms with E-state index in [9.17, 15) is 0 Å². The van der Waals surface area contributed by atoms with Crippen molar-refractivity contribution < 1.29 is 9.47 Å². The van der Waals surface area contributed by atoms with Crippen molar-refractivity contribution >= 4 is 0 Å². The molecule has 1 aliphatic heterocycles. The molecule has 3 aromatic carbocycles. The minimum absolute atomic E-state index is 0.161. The number of hydrogen-bond donors (Lipinski definition) is 0. The first kappa shape index (κ1) is 21.4. The molecule has 0 fully saturated rings. The van der Waals surface area contributed by atoms with Gasteiger partial charge in [-0.2, -0.15) is 0 Å². The summed E-state index contributed by atoms with van der Waals surface area (Å²) in [5.74, 6) is 2.64. The molecule has 0 amide bonds. The van der Waals surface area contributed by atoms with Crippen molar-refractivity contribution in [3.63, 3.8) is 0 Å². The summed E-state index contributed by atoms with van der Waals surface area (Å²) in [5.41, 5.74) is 3.87. The Morgan fingerprint density at radius 2 is 1.61 bits per heavy atom. The summed E-state index contributed by atoms with van der Waals surface area (Å²) >= 11 is 0. The van der Waals surface area contributed by atoms with Gasteiger partial charge in [-0.25, -0.2) is 0 Å². The van der Waals surface area contributed by atoms with E-state index in [2.05, 4.69) is 70.3 Å². The van der Waals surface area contributed by atoms with Crippen LogP contribution in [-0.4, -0.2) is 22.6 Å². The lowest BCUT2D eigenvalue weighted by Crippen LogP contribution is -2.29. The molecule has 0 aliphatic carbocycles. The number of ether oxygens (including phenoxy) is 2. The molecule has 0 bridgehead atoms. The highest BCUT2D eigenvalue weighted by Crippen LogP contribution is 2.35. The molecule has 1 atom stereocenters. The third-order valence-corrected chi connectivity index (χ3v) is 6.13. The lowest BCUT2D eigenvalue weighted by molar-refractivity contribution is 0.220. The van der Waals surface area contributed by atoms with Gasteiger partial charge in [-0.15, -0.1) is 0 Å². The Balaban J connectivity index is 1.46. The van der Waals surface area contributed by atoms with E-state index >= 15 is 0 Å². The Morgan fingerprint density at radius 3 is 2.42 bits per heavy atom. The van der Waals surface area contributed by atoms with Gasteiger partial charge in [0, 0.05) is 31.5 Å². The topological polar surface area (TPSA) is 26.6 Å². The highest BCUT2D eigenvalue weighted by Gasteiger charge is 2.27. The Labute approximate surface area is 196 Å². The van der Waals surface area contributed by atoms with Crippen LogP contribution in [0.4, 0.5) is 0 Å². The van der Waals surface area contributed by atoms with Gasteiger partial charge in [0.15, 0.2) is 0 Å². The SMILES string of the molecule is CCOc1ccc(CN2CCCn3cccc3C2c2cccc(Oc3ccccc3)c2)cc1. The number of nitrogens with zero attached hydrogens (tertiary/aromatic N) is 2. The lowest BCUT2D eigenvalue weighted by Gasteiger charge is -2.31. The molecule has 5 rings (SSSR count). The summed E-state index contributed by atoms with van der Waals surface area (Å²) in [6, 6.07) is 31.6. The molecule has 2 heterocycles. The Kier molecular flexibility index (Phi) is 6.45. The van der Waals surface area contributed by atoms with E-state index in [-0.39, 0.29) is 6.04 Å². The van der Waals surface area contributed by atoms with Crippen LogP contribution in [0.15, 0.2) is 97.2 Å². The highest BCUT2D eigenvalue weighted by atomic mass is 16.5. The lowest BCUT2D eigenvalue weighted by atomic mass is 10.0. The van der Waals surface area contributed by atoms with Crippen LogP contribution in [0.5, 0.6) is 17.2 Å². The van der Waals surface area contributed by atoms with Gasteiger partial charge in [0.1, 0.15) is 17.2 Å². The maximum Gasteiger partial charge on any atom is 0.127 e. The average molecular weight is 439 g/mol. The van der Waals surface area contributed by atoms with Crippen LogP contribution in [0.25, 0.3) is 0 Å². The van der Waals surface area contributed by atoms with Gasteiger partial charge in [-0.3, -0.25) is 4.90 Å². The van der Waals surface area contributed by atoms with E-state index in [1.165, 1.54) is 16.8 Å². The quantitative estimate of drug-likeness (QED) is 0.322. The number of rotatable bonds is 7. The number of benzene rings is 3. The molecular weight excluding hydrogens is 408 g/mol. The zero-order valence-electron chi connectivity index (χ0n) is 19.1. The third kappa shape index (κ3) is 4.96. The maximum absolute atomic E-state index is 6.16. The van der Waals surface area contributed by atoms with Crippen molar-refractivity contribution in [2.45, 2.75) is 32.5 Å². The minimum atomic E-state index is 0.161. The molecule has 0 radical (unpaired) electrons. The normalized spacial score (nSPS) is 16.1. The van der Waals surface area contributed by atoms with Crippen LogP contribution >= 0.6 is 0 Å². The number of aromatic nitrogens is 1. The number of para-hydroxylation sites is 1. The van der Waals surface area contributed by atoms with Gasteiger partial charge < -0.3 is 14.0 Å². The maximum atomic E-state index is 6.16. The summed E-state index contributed by atoms with van der Waals surface area (Å²) in [6.07, 6.45) is 3.32. The Bertz CT molecular complexity index is 1170. The fourth-order valence-corrected chi connectivity index (χ4v) is 4.66. The van der Waals surface area contributed by atoms with Gasteiger partial charge in [0.2, 0.25) is 0 Å². The van der Waals surface area contributed by atoms with Crippen LogP contribution in [0, 0.1) is 0 Å². The second-order valence-corrected chi connectivity index (χ2v) is 8.42. The van der Waals surface area contributed by atoms with Crippen LogP contribution in [0.2, 0.25) is 0 Å². The molecule has 0 N–H and O–H groups in total. The number of fused-ring (bicyclic) bond motifs is 1. The van der Waals surface area contributed by atoms with Crippen molar-refractivity contribution in [2.24, 2.45) is 0 Å². The van der Waals surface area contributed by atoms with Crippen molar-refractivity contribution in [1.29, 1.82) is 0 Å². The summed E-state index contributed by atoms with van der Waals surface area (Å²) < 4.78 is 14.2. The van der Waals surface area contributed by atoms with E-state index in [4.69, 9.17) is 9.47 Å². The number of aryl methyl sites for hydroxylation is 1. The first-order chi connectivity index (χ1) is 16.3. The Morgan fingerprint density at radius 1 is 0.788 bits per heavy atom. The van der Waals surface area contributed by atoms with Gasteiger partial charge in [-0.1, -0.05) is 42.5 Å². The zero-order valence-corrected chi connectivity index (χ0v) is 19.1. The molecular formula is C29H30N2O2. The van der Waals surface area contributed by atoms with Crippen molar-refractivity contribution in [2.75, 3.05) is 13.2 Å². The van der Waals surface area contributed by atoms with Gasteiger partial charge >= 0.3 is 0 Å². The predicted octanol–water partition coefficient (Wildman–Crippen LogP) is 6.67. The molecule has 0 saturated heterocycles. The molecule has 4 heteroatoms. The standard InChI is InChI=1S/C29H30N2O2/c1-2-32-25-16-14-23(15-17-25)22-31-20-8-19-30-18-7-13-28(30)29(31)24-9-6-12-27(21-24)33-26-10-4-3-5-11-26/h3-7,9-18,21,29H,2,8,19-20,22H2,1H3. The fraction of sp³-hybridized carbons (Fsp3) is 0.241. The molecule has 33 heavy (non-hydrogen) atoms. The second kappa shape index (κ2) is 9.97. The van der Waals surface area contributed by atoms with Crippen LogP contribution in [0.1, 0.15) is 36.2 Å². The minimum Gasteiger partial charge on any atom is -0.494 e. The van der Waals surface area contributed by atoms with E-state index in [0.29, 0.717) is 6.61 Å². The van der Waals surface area contributed by atoms with Crippen LogP contribution in [0.3, 0.4) is 0 Å².